The Morgan fingerprint density at radius 2 is 2.38 bits per heavy atom. The fourth-order valence-corrected chi connectivity index (χ4v) is 1.50. The molecular formula is C10H12N4O2. The first-order chi connectivity index (χ1) is 7.70. The molecule has 6 heteroatoms. The second-order valence-corrected chi connectivity index (χ2v) is 3.42. The second-order valence-electron chi connectivity index (χ2n) is 3.42. The van der Waals surface area contributed by atoms with E-state index in [1.807, 2.05) is 6.07 Å². The molecule has 1 saturated heterocycles. The van der Waals surface area contributed by atoms with Crippen LogP contribution in [-0.2, 0) is 11.3 Å². The Kier molecular flexibility index (Phi) is 2.72. The molecule has 0 spiro atoms. The van der Waals surface area contributed by atoms with Crippen molar-refractivity contribution < 1.29 is 9.59 Å². The molecule has 1 aromatic rings. The lowest BCUT2D eigenvalue weighted by Crippen LogP contribution is -2.30. The number of hydrogen-bond acceptors (Lipinski definition) is 4. The van der Waals surface area contributed by atoms with Gasteiger partial charge in [0.1, 0.15) is 0 Å². The first kappa shape index (κ1) is 10.4. The first-order valence-corrected chi connectivity index (χ1v) is 4.91. The van der Waals surface area contributed by atoms with E-state index in [0.717, 1.165) is 10.6 Å². The molecule has 0 bridgehead atoms. The Hall–Kier alpha value is -2.11. The summed E-state index contributed by atoms with van der Waals surface area (Å²) >= 11 is 0. The average Bonchev–Trinajstić information content (AvgIpc) is 2.61. The Morgan fingerprint density at radius 3 is 3.00 bits per heavy atom. The predicted octanol–water partition coefficient (Wildman–Crippen LogP) is 0.175. The number of rotatable bonds is 3. The molecule has 1 aliphatic rings. The maximum atomic E-state index is 11.3. The maximum absolute atomic E-state index is 11.3. The molecule has 2 heterocycles. The topological polar surface area (TPSA) is 74.3 Å². The number of amides is 3. The third kappa shape index (κ3) is 1.95. The van der Waals surface area contributed by atoms with Crippen molar-refractivity contribution in [2.45, 2.75) is 6.54 Å². The summed E-state index contributed by atoms with van der Waals surface area (Å²) in [6.45, 7) is 0.282. The van der Waals surface area contributed by atoms with E-state index >= 15 is 0 Å². The minimum atomic E-state index is -0.360. The van der Waals surface area contributed by atoms with Crippen LogP contribution in [0.15, 0.2) is 18.3 Å². The highest BCUT2D eigenvalue weighted by molar-refractivity contribution is 6.01. The summed E-state index contributed by atoms with van der Waals surface area (Å²) in [6, 6.07) is 3.26. The Morgan fingerprint density at radius 1 is 1.56 bits per heavy atom. The highest BCUT2D eigenvalue weighted by atomic mass is 16.2. The Labute approximate surface area is 92.7 Å². The molecule has 1 aliphatic heterocycles. The van der Waals surface area contributed by atoms with Crippen LogP contribution in [0.4, 0.5) is 10.5 Å². The van der Waals surface area contributed by atoms with E-state index < -0.39 is 0 Å². The monoisotopic (exact) mass is 220 g/mol. The van der Waals surface area contributed by atoms with E-state index in [4.69, 9.17) is 0 Å². The summed E-state index contributed by atoms with van der Waals surface area (Å²) in [7, 11) is 1.80. The van der Waals surface area contributed by atoms with Gasteiger partial charge in [-0.25, -0.2) is 4.79 Å². The number of urea groups is 1. The quantitative estimate of drug-likeness (QED) is 0.712. The summed E-state index contributed by atoms with van der Waals surface area (Å²) < 4.78 is 0. The molecular weight excluding hydrogens is 208 g/mol. The van der Waals surface area contributed by atoms with Crippen molar-refractivity contribution in [1.29, 1.82) is 0 Å². The molecule has 0 aliphatic carbocycles. The Bertz CT molecular complexity index is 417. The van der Waals surface area contributed by atoms with Crippen LogP contribution in [0.3, 0.4) is 0 Å². The van der Waals surface area contributed by atoms with Crippen LogP contribution in [0.2, 0.25) is 0 Å². The molecule has 16 heavy (non-hydrogen) atoms. The fraction of sp³-hybridized carbons (Fsp3) is 0.300. The van der Waals surface area contributed by atoms with Crippen molar-refractivity contribution in [3.8, 4) is 0 Å². The van der Waals surface area contributed by atoms with Gasteiger partial charge in [0, 0.05) is 18.9 Å². The van der Waals surface area contributed by atoms with E-state index in [-0.39, 0.29) is 25.0 Å². The summed E-state index contributed by atoms with van der Waals surface area (Å²) in [5.74, 6) is -0.221. The number of nitrogens with one attached hydrogen (secondary N) is 2. The summed E-state index contributed by atoms with van der Waals surface area (Å²) in [6.07, 6.45) is 1.64. The molecule has 1 fully saturated rings. The van der Waals surface area contributed by atoms with E-state index in [2.05, 4.69) is 15.6 Å². The molecule has 2 N–H and O–H groups in total. The van der Waals surface area contributed by atoms with Gasteiger partial charge in [0.05, 0.1) is 18.8 Å². The maximum Gasteiger partial charge on any atom is 0.324 e. The van der Waals surface area contributed by atoms with E-state index in [0.29, 0.717) is 5.69 Å². The zero-order valence-electron chi connectivity index (χ0n) is 8.86. The lowest BCUT2D eigenvalue weighted by molar-refractivity contribution is -0.125. The molecule has 6 nitrogen and oxygen atoms in total. The molecule has 0 saturated carbocycles. The number of pyridine rings is 1. The second kappa shape index (κ2) is 4.18. The van der Waals surface area contributed by atoms with Gasteiger partial charge in [-0.3, -0.25) is 14.7 Å². The smallest absolute Gasteiger partial charge is 0.324 e. The number of carbonyl (C=O) groups excluding carboxylic acids is 2. The van der Waals surface area contributed by atoms with Crippen LogP contribution in [0.25, 0.3) is 0 Å². The summed E-state index contributed by atoms with van der Waals surface area (Å²) in [4.78, 5) is 27.9. The fourth-order valence-electron chi connectivity index (χ4n) is 1.50. The number of aromatic nitrogens is 1. The van der Waals surface area contributed by atoms with Gasteiger partial charge >= 0.3 is 6.03 Å². The standard InChI is InChI=1S/C10H12N4O2/c1-11-7-2-3-12-8(4-7)6-14-9(15)5-13-10(14)16/h2-4H,5-6H2,1H3,(H,11,12)(H,13,16). The van der Waals surface area contributed by atoms with Crippen molar-refractivity contribution in [2.75, 3.05) is 18.9 Å². The lowest BCUT2D eigenvalue weighted by atomic mass is 10.3. The van der Waals surface area contributed by atoms with Crippen LogP contribution in [0.1, 0.15) is 5.69 Å². The van der Waals surface area contributed by atoms with Gasteiger partial charge in [0.15, 0.2) is 0 Å². The largest absolute Gasteiger partial charge is 0.388 e. The minimum Gasteiger partial charge on any atom is -0.388 e. The number of nitrogens with zero attached hydrogens (tertiary/aromatic N) is 2. The molecule has 0 unspecified atom stereocenters. The molecule has 0 radical (unpaired) electrons. The van der Waals surface area contributed by atoms with Gasteiger partial charge in [-0.1, -0.05) is 0 Å². The van der Waals surface area contributed by atoms with Gasteiger partial charge in [0.25, 0.3) is 0 Å². The highest BCUT2D eigenvalue weighted by Crippen LogP contribution is 2.10. The van der Waals surface area contributed by atoms with E-state index in [1.165, 1.54) is 0 Å². The molecule has 3 amide bonds. The van der Waals surface area contributed by atoms with Crippen LogP contribution in [0, 0.1) is 0 Å². The number of imide groups is 1. The lowest BCUT2D eigenvalue weighted by Gasteiger charge is -2.12. The van der Waals surface area contributed by atoms with Crippen molar-refractivity contribution in [1.82, 2.24) is 15.2 Å². The minimum absolute atomic E-state index is 0.0740. The van der Waals surface area contributed by atoms with Gasteiger partial charge in [-0.15, -0.1) is 0 Å². The molecule has 0 aromatic carbocycles. The number of carbonyl (C=O) groups is 2. The number of hydrogen-bond donors (Lipinski definition) is 2. The highest BCUT2D eigenvalue weighted by Gasteiger charge is 2.28. The Balaban J connectivity index is 2.14. The molecule has 0 atom stereocenters. The summed E-state index contributed by atoms with van der Waals surface area (Å²) in [5.41, 5.74) is 1.58. The van der Waals surface area contributed by atoms with Crippen LogP contribution >= 0.6 is 0 Å². The van der Waals surface area contributed by atoms with E-state index in [9.17, 15) is 9.59 Å². The zero-order chi connectivity index (χ0) is 11.5. The molecule has 2 rings (SSSR count). The van der Waals surface area contributed by atoms with Crippen molar-refractivity contribution in [3.05, 3.63) is 24.0 Å². The molecule has 84 valence electrons. The van der Waals surface area contributed by atoms with Gasteiger partial charge in [0.2, 0.25) is 5.91 Å². The third-order valence-electron chi connectivity index (χ3n) is 2.36. The van der Waals surface area contributed by atoms with Crippen LogP contribution in [-0.4, -0.2) is 35.4 Å². The van der Waals surface area contributed by atoms with Crippen LogP contribution < -0.4 is 10.6 Å². The SMILES string of the molecule is CNc1ccnc(CN2C(=O)CNC2=O)c1. The summed E-state index contributed by atoms with van der Waals surface area (Å²) in [5, 5.41) is 5.43. The number of anilines is 1. The van der Waals surface area contributed by atoms with Crippen molar-refractivity contribution >= 4 is 17.6 Å². The zero-order valence-corrected chi connectivity index (χ0v) is 8.86. The van der Waals surface area contributed by atoms with E-state index in [1.54, 1.807) is 19.3 Å². The van der Waals surface area contributed by atoms with Crippen molar-refractivity contribution in [3.63, 3.8) is 0 Å². The molecule has 1 aromatic heterocycles. The van der Waals surface area contributed by atoms with Gasteiger partial charge in [-0.05, 0) is 12.1 Å². The van der Waals surface area contributed by atoms with Gasteiger partial charge in [-0.2, -0.15) is 0 Å². The first-order valence-electron chi connectivity index (χ1n) is 4.91. The van der Waals surface area contributed by atoms with Gasteiger partial charge < -0.3 is 10.6 Å². The normalized spacial score (nSPS) is 15.2. The van der Waals surface area contributed by atoms with Crippen LogP contribution in [0.5, 0.6) is 0 Å². The third-order valence-corrected chi connectivity index (χ3v) is 2.36. The predicted molar refractivity (Wildman–Crippen MR) is 57.7 cm³/mol. The average molecular weight is 220 g/mol. The van der Waals surface area contributed by atoms with Crippen molar-refractivity contribution in [2.24, 2.45) is 0 Å².